The van der Waals surface area contributed by atoms with Gasteiger partial charge in [0.15, 0.2) is 0 Å². The van der Waals surface area contributed by atoms with Gasteiger partial charge in [0.1, 0.15) is 0 Å². The zero-order valence-electron chi connectivity index (χ0n) is 16.0. The van der Waals surface area contributed by atoms with Crippen LogP contribution in [0.4, 0.5) is 0 Å². The first-order chi connectivity index (χ1) is 13.7. The second-order valence-corrected chi connectivity index (χ2v) is 7.72. The van der Waals surface area contributed by atoms with Crippen LogP contribution in [0.5, 0.6) is 0 Å². The number of rotatable bonds is 6. The first-order valence-corrected chi connectivity index (χ1v) is 10.0. The van der Waals surface area contributed by atoms with Crippen LogP contribution in [0.3, 0.4) is 0 Å². The van der Waals surface area contributed by atoms with E-state index in [9.17, 15) is 9.90 Å². The van der Waals surface area contributed by atoms with E-state index in [2.05, 4.69) is 10.4 Å². The number of nitrogens with zero attached hydrogens (tertiary/aromatic N) is 3. The van der Waals surface area contributed by atoms with Crippen LogP contribution in [0.25, 0.3) is 0 Å². The second kappa shape index (κ2) is 8.86. The van der Waals surface area contributed by atoms with Crippen LogP contribution in [0.15, 0.2) is 42.7 Å². The summed E-state index contributed by atoms with van der Waals surface area (Å²) in [5.41, 5.74) is 1.83. The Balaban J connectivity index is 1.27. The van der Waals surface area contributed by atoms with Gasteiger partial charge in [-0.2, -0.15) is 5.10 Å². The van der Waals surface area contributed by atoms with Crippen LogP contribution in [0.1, 0.15) is 28.8 Å². The monoisotopic (exact) mass is 384 g/mol. The van der Waals surface area contributed by atoms with E-state index >= 15 is 0 Å². The van der Waals surface area contributed by atoms with Gasteiger partial charge in [0.05, 0.1) is 19.3 Å². The van der Waals surface area contributed by atoms with E-state index in [4.69, 9.17) is 4.74 Å². The van der Waals surface area contributed by atoms with Crippen LogP contribution >= 0.6 is 0 Å². The van der Waals surface area contributed by atoms with Crippen molar-refractivity contribution < 1.29 is 14.6 Å². The Morgan fingerprint density at radius 1 is 1.21 bits per heavy atom. The Morgan fingerprint density at radius 3 is 2.71 bits per heavy atom. The van der Waals surface area contributed by atoms with Gasteiger partial charge < -0.3 is 20.1 Å². The first kappa shape index (κ1) is 19.1. The maximum absolute atomic E-state index is 12.5. The fraction of sp³-hybridized carbons (Fsp3) is 0.524. The summed E-state index contributed by atoms with van der Waals surface area (Å²) in [5, 5.41) is 18.1. The molecule has 3 atom stereocenters. The molecule has 1 amide bonds. The largest absolute Gasteiger partial charge is 0.391 e. The van der Waals surface area contributed by atoms with Crippen LogP contribution < -0.4 is 5.32 Å². The maximum atomic E-state index is 12.5. The van der Waals surface area contributed by atoms with Crippen molar-refractivity contribution in [2.24, 2.45) is 5.92 Å². The average molecular weight is 384 g/mol. The summed E-state index contributed by atoms with van der Waals surface area (Å²) in [5.74, 6) is 0.497. The normalized spacial score (nSPS) is 25.2. The molecule has 2 fully saturated rings. The molecule has 4 rings (SSSR count). The number of carbonyl (C=O) groups is 1. The van der Waals surface area contributed by atoms with Crippen molar-refractivity contribution >= 4 is 5.91 Å². The molecule has 7 heteroatoms. The molecule has 7 nitrogen and oxygen atoms in total. The molecule has 1 aliphatic carbocycles. The van der Waals surface area contributed by atoms with Crippen molar-refractivity contribution in [3.8, 4) is 0 Å². The van der Waals surface area contributed by atoms with Crippen molar-refractivity contribution in [1.29, 1.82) is 0 Å². The number of amides is 1. The van der Waals surface area contributed by atoms with Gasteiger partial charge in [-0.25, -0.2) is 0 Å². The molecular formula is C21H28N4O3. The minimum absolute atomic E-state index is 0.0653. The van der Waals surface area contributed by atoms with Crippen molar-refractivity contribution in [2.45, 2.75) is 38.1 Å². The zero-order chi connectivity index (χ0) is 19.3. The number of aromatic nitrogens is 2. The maximum Gasteiger partial charge on any atom is 0.254 e. The van der Waals surface area contributed by atoms with Gasteiger partial charge in [0.25, 0.3) is 5.91 Å². The highest BCUT2D eigenvalue weighted by Crippen LogP contribution is 2.27. The first-order valence-electron chi connectivity index (χ1n) is 10.0. The van der Waals surface area contributed by atoms with Gasteiger partial charge in [-0.15, -0.1) is 0 Å². The molecule has 0 spiro atoms. The lowest BCUT2D eigenvalue weighted by molar-refractivity contribution is 0.0303. The summed E-state index contributed by atoms with van der Waals surface area (Å²) >= 11 is 0. The SMILES string of the molecule is O=C(c1ccc(CN[C@@H]2CC(Cn3cccn3)C[C@H]2O)cc1)N1CCOCC1. The lowest BCUT2D eigenvalue weighted by Gasteiger charge is -2.26. The number of hydrogen-bond acceptors (Lipinski definition) is 5. The molecule has 1 saturated heterocycles. The van der Waals surface area contributed by atoms with E-state index in [-0.39, 0.29) is 18.1 Å². The van der Waals surface area contributed by atoms with E-state index in [1.807, 2.05) is 46.1 Å². The predicted octanol–water partition coefficient (Wildman–Crippen LogP) is 1.28. The van der Waals surface area contributed by atoms with Crippen molar-refractivity contribution in [3.63, 3.8) is 0 Å². The van der Waals surface area contributed by atoms with Crippen LogP contribution in [0, 0.1) is 5.92 Å². The molecule has 2 heterocycles. The van der Waals surface area contributed by atoms with Crippen LogP contribution in [-0.4, -0.2) is 64.1 Å². The Morgan fingerprint density at radius 2 is 2.00 bits per heavy atom. The summed E-state index contributed by atoms with van der Waals surface area (Å²) in [7, 11) is 0. The van der Waals surface area contributed by atoms with Crippen LogP contribution in [-0.2, 0) is 17.8 Å². The van der Waals surface area contributed by atoms with E-state index in [1.165, 1.54) is 0 Å². The minimum atomic E-state index is -0.331. The summed E-state index contributed by atoms with van der Waals surface area (Å²) in [6.45, 7) is 4.06. The highest BCUT2D eigenvalue weighted by Gasteiger charge is 2.32. The fourth-order valence-electron chi connectivity index (χ4n) is 4.12. The van der Waals surface area contributed by atoms with Crippen molar-refractivity contribution in [1.82, 2.24) is 20.0 Å². The van der Waals surface area contributed by atoms with E-state index in [0.717, 1.165) is 24.9 Å². The fourth-order valence-corrected chi connectivity index (χ4v) is 4.12. The molecule has 1 aliphatic heterocycles. The van der Waals surface area contributed by atoms with Crippen molar-refractivity contribution in [2.75, 3.05) is 26.3 Å². The summed E-state index contributed by atoms with van der Waals surface area (Å²) in [6.07, 6.45) is 5.16. The molecule has 2 aromatic rings. The molecule has 0 radical (unpaired) electrons. The molecule has 150 valence electrons. The topological polar surface area (TPSA) is 79.6 Å². The molecule has 1 unspecified atom stereocenters. The standard InChI is InChI=1S/C21H28N4O3/c26-20-13-17(15-25-7-1-6-23-25)12-19(20)22-14-16-2-4-18(5-3-16)21(27)24-8-10-28-11-9-24/h1-7,17,19-20,22,26H,8-15H2/t17?,19-,20-/m1/s1. The predicted molar refractivity (Wildman–Crippen MR) is 105 cm³/mol. The molecule has 1 aromatic heterocycles. The highest BCUT2D eigenvalue weighted by molar-refractivity contribution is 5.94. The lowest BCUT2D eigenvalue weighted by Crippen LogP contribution is -2.40. The van der Waals surface area contributed by atoms with Crippen LogP contribution in [0.2, 0.25) is 0 Å². The number of hydrogen-bond donors (Lipinski definition) is 2. The molecule has 1 saturated carbocycles. The Hall–Kier alpha value is -2.22. The number of morpholine rings is 1. The second-order valence-electron chi connectivity index (χ2n) is 7.72. The van der Waals surface area contributed by atoms with Crippen molar-refractivity contribution in [3.05, 3.63) is 53.9 Å². The molecule has 1 aromatic carbocycles. The third kappa shape index (κ3) is 4.60. The van der Waals surface area contributed by atoms with Gasteiger partial charge in [-0.3, -0.25) is 9.48 Å². The summed E-state index contributed by atoms with van der Waals surface area (Å²) < 4.78 is 7.24. The average Bonchev–Trinajstić information content (AvgIpc) is 3.36. The van der Waals surface area contributed by atoms with E-state index in [0.29, 0.717) is 44.3 Å². The summed E-state index contributed by atoms with van der Waals surface area (Å²) in [4.78, 5) is 14.3. The number of aliphatic hydroxyl groups is 1. The zero-order valence-corrected chi connectivity index (χ0v) is 16.0. The third-order valence-electron chi connectivity index (χ3n) is 5.70. The van der Waals surface area contributed by atoms with Gasteiger partial charge in [-0.1, -0.05) is 12.1 Å². The minimum Gasteiger partial charge on any atom is -0.391 e. The van der Waals surface area contributed by atoms with Gasteiger partial charge in [-0.05, 0) is 42.5 Å². The molecular weight excluding hydrogens is 356 g/mol. The van der Waals surface area contributed by atoms with E-state index in [1.54, 1.807) is 6.20 Å². The summed E-state index contributed by atoms with van der Waals surface area (Å²) in [6, 6.07) is 9.78. The van der Waals surface area contributed by atoms with Gasteiger partial charge in [0, 0.05) is 50.2 Å². The number of aliphatic hydroxyl groups excluding tert-OH is 1. The van der Waals surface area contributed by atoms with E-state index < -0.39 is 0 Å². The number of ether oxygens (including phenoxy) is 1. The molecule has 2 aliphatic rings. The Labute approximate surface area is 165 Å². The Kier molecular flexibility index (Phi) is 6.04. The molecule has 2 N–H and O–H groups in total. The molecule has 28 heavy (non-hydrogen) atoms. The van der Waals surface area contributed by atoms with Gasteiger partial charge in [0.2, 0.25) is 0 Å². The molecule has 0 bridgehead atoms. The third-order valence-corrected chi connectivity index (χ3v) is 5.70. The number of carbonyl (C=O) groups excluding carboxylic acids is 1. The number of nitrogens with one attached hydrogen (secondary N) is 1. The smallest absolute Gasteiger partial charge is 0.254 e. The Bertz CT molecular complexity index is 756. The lowest BCUT2D eigenvalue weighted by atomic mass is 10.1. The van der Waals surface area contributed by atoms with Gasteiger partial charge >= 0.3 is 0 Å². The highest BCUT2D eigenvalue weighted by atomic mass is 16.5. The quantitative estimate of drug-likeness (QED) is 0.785. The number of benzene rings is 1.